The van der Waals surface area contributed by atoms with Crippen LogP contribution in [0.25, 0.3) is 0 Å². The first-order chi connectivity index (χ1) is 49.1. The first-order valence-corrected chi connectivity index (χ1v) is 39.5. The van der Waals surface area contributed by atoms with Crippen molar-refractivity contribution in [2.24, 2.45) is 53.3 Å². The molecule has 4 aliphatic carbocycles. The molecular formula is C77H128ClF3N12O12. The molecule has 1 spiro atoms. The molecule has 0 aromatic heterocycles. The van der Waals surface area contributed by atoms with Crippen molar-refractivity contribution in [3.8, 4) is 0 Å². The average Bonchev–Trinajstić information content (AvgIpc) is 1.73. The van der Waals surface area contributed by atoms with Crippen LogP contribution < -0.4 is 16.0 Å². The standard InChI is InChI=1S/C77H128ClF3N12O12/c1-19-47(6)64-73(103)87(13)50(9)68(98)93-38-35-57(93)72(102)90(16)60(41-52-29-27-46(5)28-30-52)71(101)86(12)44-62(94)82-56(34-32-51-31-33-54(55(78)40-51)77(79,80)81)69(99)89(15)59(42-53-26-22-21-25-49(53)8)67(97)84-76(36-23-24-37-76)75(105)92(18)65(48(7)20-2)74(104)91(17)61(70(100)85(10)11)43-63(95)88(14)58(39-45(3)4)66(96)83-64/h45-61,64-65H,19-44H2,1-18H3,(H,82,94)(H,83,96)(H,84,97)/t46?,47-,48-,49?,50-,51?,52?,53?,54?,55?,56-,57-,58-,59-,60-,61-,64-,65-/m0/s1. The van der Waals surface area contributed by atoms with Crippen molar-refractivity contribution in [2.45, 2.75) is 288 Å². The lowest BCUT2D eigenvalue weighted by Crippen LogP contribution is -2.65. The number of hydrogen-bond acceptors (Lipinski definition) is 12. The fourth-order valence-corrected chi connectivity index (χ4v) is 17.6. The molecule has 28 heteroatoms. The SMILES string of the molecule is CC[C@H](C)[C@@H]1NC(=O)[C@H](CC(C)C)N(C)C(=O)C[C@@H](C(=O)N(C)C)N(C)C(=O)[C@H]([C@@H](C)CC)N(C)C(=O)C2(CCCC2)NC(=O)[C@H](CC2CCCCC2C)N(C)C(=O)[C@H](CCC2CCC(C(F)(F)F)C(Cl)C2)NC(=O)CN(C)C(=O)[C@H](CC2CCC(C)CC2)N(C)C(=O)[C@@H]2CCN2C(=O)[C@H](C)N(C)C1=O. The van der Waals surface area contributed by atoms with Gasteiger partial charge in [-0.1, -0.05) is 132 Å². The summed E-state index contributed by atoms with van der Waals surface area (Å²) >= 11 is 6.48. The predicted octanol–water partition coefficient (Wildman–Crippen LogP) is 7.86. The number of rotatable bonds is 14. The van der Waals surface area contributed by atoms with Gasteiger partial charge in [0.2, 0.25) is 70.9 Å². The summed E-state index contributed by atoms with van der Waals surface area (Å²) in [5, 5.41) is 7.74. The average molecular weight is 1510 g/mol. The highest BCUT2D eigenvalue weighted by Gasteiger charge is 2.52. The fraction of sp³-hybridized carbons (Fsp3) is 0.844. The number of hydrogen-bond donors (Lipinski definition) is 3. The predicted molar refractivity (Wildman–Crippen MR) is 395 cm³/mol. The van der Waals surface area contributed by atoms with E-state index in [1.54, 1.807) is 13.8 Å². The lowest BCUT2D eigenvalue weighted by molar-refractivity contribution is -0.182. The van der Waals surface area contributed by atoms with Crippen LogP contribution in [0.3, 0.4) is 0 Å². The Morgan fingerprint density at radius 3 is 1.76 bits per heavy atom. The van der Waals surface area contributed by atoms with Crippen LogP contribution in [0.1, 0.15) is 216 Å². The maximum atomic E-state index is 15.8. The number of carbonyl (C=O) groups excluding carboxylic acids is 12. The molecule has 6 rings (SSSR count). The Bertz CT molecular complexity index is 3060. The zero-order valence-corrected chi connectivity index (χ0v) is 67.0. The lowest BCUT2D eigenvalue weighted by Gasteiger charge is -2.45. The molecule has 12 amide bonds. The maximum absolute atomic E-state index is 15.8. The van der Waals surface area contributed by atoms with Gasteiger partial charge in [-0.2, -0.15) is 13.2 Å². The van der Waals surface area contributed by atoms with Crippen LogP contribution in [0.15, 0.2) is 0 Å². The van der Waals surface area contributed by atoms with Crippen LogP contribution >= 0.6 is 11.6 Å². The Hall–Kier alpha value is -6.28. The molecule has 6 fully saturated rings. The van der Waals surface area contributed by atoms with Gasteiger partial charge in [-0.3, -0.25) is 57.5 Å². The van der Waals surface area contributed by atoms with Crippen LogP contribution in [0, 0.1) is 53.3 Å². The molecule has 2 heterocycles. The zero-order chi connectivity index (χ0) is 78.6. The van der Waals surface area contributed by atoms with Gasteiger partial charge in [-0.05, 0) is 125 Å². The third kappa shape index (κ3) is 21.6. The zero-order valence-electron chi connectivity index (χ0n) is 66.3. The molecule has 0 aromatic carbocycles. The van der Waals surface area contributed by atoms with Gasteiger partial charge in [0.15, 0.2) is 0 Å². The minimum absolute atomic E-state index is 0.0106. The van der Waals surface area contributed by atoms with Crippen LogP contribution in [0.4, 0.5) is 13.2 Å². The van der Waals surface area contributed by atoms with Crippen molar-refractivity contribution < 1.29 is 70.7 Å². The summed E-state index contributed by atoms with van der Waals surface area (Å²) in [5.41, 5.74) is -1.61. The summed E-state index contributed by atoms with van der Waals surface area (Å²) < 4.78 is 42.5. The quantitative estimate of drug-likeness (QED) is 0.140. The number of fused-ring (bicyclic) bond motifs is 1. The van der Waals surface area contributed by atoms with Crippen LogP contribution in [-0.2, 0) is 57.5 Å². The van der Waals surface area contributed by atoms with E-state index in [0.717, 1.165) is 56.3 Å². The molecule has 24 nitrogen and oxygen atoms in total. The van der Waals surface area contributed by atoms with Gasteiger partial charge in [0, 0.05) is 75.4 Å². The first kappa shape index (κ1) is 87.6. The number of carbonyl (C=O) groups is 12. The van der Waals surface area contributed by atoms with Gasteiger partial charge in [-0.25, -0.2) is 0 Å². The summed E-state index contributed by atoms with van der Waals surface area (Å²) in [6.45, 7) is 16.3. The molecule has 2 aliphatic heterocycles. The van der Waals surface area contributed by atoms with E-state index in [-0.39, 0.29) is 107 Å². The monoisotopic (exact) mass is 1500 g/mol. The number of nitrogens with zero attached hydrogens (tertiary/aromatic N) is 9. The highest BCUT2D eigenvalue weighted by atomic mass is 35.5. The van der Waals surface area contributed by atoms with Gasteiger partial charge < -0.3 is 60.0 Å². The van der Waals surface area contributed by atoms with Gasteiger partial charge in [-0.15, -0.1) is 11.6 Å². The molecule has 596 valence electrons. The smallest absolute Gasteiger partial charge is 0.347 e. The van der Waals surface area contributed by atoms with E-state index in [9.17, 15) is 41.9 Å². The molecule has 0 aromatic rings. The van der Waals surface area contributed by atoms with Gasteiger partial charge in [0.25, 0.3) is 0 Å². The van der Waals surface area contributed by atoms with E-state index in [4.69, 9.17) is 11.6 Å². The number of nitrogens with one attached hydrogen (secondary N) is 3. The highest BCUT2D eigenvalue weighted by Crippen LogP contribution is 2.44. The van der Waals surface area contributed by atoms with Crippen LogP contribution in [0.2, 0.25) is 0 Å². The van der Waals surface area contributed by atoms with Crippen LogP contribution in [-0.4, -0.2) is 263 Å². The fourth-order valence-electron chi connectivity index (χ4n) is 17.1. The van der Waals surface area contributed by atoms with E-state index >= 15 is 28.8 Å². The Labute approximate surface area is 628 Å². The number of likely N-dealkylation sites (N-methyl/N-ethyl adjacent to an activating group) is 8. The van der Waals surface area contributed by atoms with Crippen LogP contribution in [0.5, 0.6) is 0 Å². The Morgan fingerprint density at radius 2 is 1.21 bits per heavy atom. The molecule has 4 saturated carbocycles. The second-order valence-corrected chi connectivity index (χ2v) is 33.8. The van der Waals surface area contributed by atoms with Gasteiger partial charge in [0.05, 0.1) is 18.9 Å². The molecule has 2 saturated heterocycles. The van der Waals surface area contributed by atoms with E-state index in [2.05, 4.69) is 29.8 Å². The third-order valence-electron chi connectivity index (χ3n) is 25.1. The summed E-state index contributed by atoms with van der Waals surface area (Å²) in [5.74, 6) is -10.5. The molecular weight excluding hydrogens is 1380 g/mol. The third-order valence-corrected chi connectivity index (χ3v) is 25.6. The second kappa shape index (κ2) is 38.2. The molecule has 6 aliphatic rings. The van der Waals surface area contributed by atoms with E-state index in [0.29, 0.717) is 31.6 Å². The summed E-state index contributed by atoms with van der Waals surface area (Å²) in [4.78, 5) is 193. The Balaban J connectivity index is 1.48. The highest BCUT2D eigenvalue weighted by molar-refractivity contribution is 6.21. The maximum Gasteiger partial charge on any atom is 0.393 e. The van der Waals surface area contributed by atoms with Gasteiger partial charge in [0.1, 0.15) is 59.9 Å². The van der Waals surface area contributed by atoms with Crippen molar-refractivity contribution in [3.63, 3.8) is 0 Å². The van der Waals surface area contributed by atoms with Crippen molar-refractivity contribution in [1.29, 1.82) is 0 Å². The second-order valence-electron chi connectivity index (χ2n) is 33.2. The largest absolute Gasteiger partial charge is 0.393 e. The van der Waals surface area contributed by atoms with Crippen molar-refractivity contribution in [2.75, 3.05) is 76.5 Å². The van der Waals surface area contributed by atoms with Gasteiger partial charge >= 0.3 is 6.18 Å². The minimum atomic E-state index is -4.52. The molecule has 0 radical (unpaired) electrons. The van der Waals surface area contributed by atoms with Crippen molar-refractivity contribution in [1.82, 2.24) is 60.0 Å². The Kier molecular flexibility index (Phi) is 31.9. The Morgan fingerprint density at radius 1 is 0.610 bits per heavy atom. The molecule has 16 atom stereocenters. The molecule has 0 bridgehead atoms. The van der Waals surface area contributed by atoms with E-state index < -0.39 is 173 Å². The first-order valence-electron chi connectivity index (χ1n) is 39.1. The minimum Gasteiger partial charge on any atom is -0.347 e. The van der Waals surface area contributed by atoms with E-state index in [1.165, 1.54) is 110 Å². The molecule has 3 N–H and O–H groups in total. The molecule has 105 heavy (non-hydrogen) atoms. The number of alkyl halides is 4. The van der Waals surface area contributed by atoms with Crippen molar-refractivity contribution >= 4 is 82.5 Å². The number of amides is 12. The summed E-state index contributed by atoms with van der Waals surface area (Å²) in [6.07, 6.45) is 4.44. The normalized spacial score (nSPS) is 32.4. The summed E-state index contributed by atoms with van der Waals surface area (Å²) in [7, 11) is 13.1. The summed E-state index contributed by atoms with van der Waals surface area (Å²) in [6, 6.07) is -11.1. The lowest BCUT2D eigenvalue weighted by atomic mass is 9.76. The topological polar surface area (TPSA) is 270 Å². The number of halogens is 4. The molecule has 5 unspecified atom stereocenters. The van der Waals surface area contributed by atoms with E-state index in [1.807, 2.05) is 27.7 Å². The van der Waals surface area contributed by atoms with Crippen molar-refractivity contribution in [3.05, 3.63) is 0 Å².